The molecule has 1 aromatic heterocycles. The Morgan fingerprint density at radius 1 is 1.19 bits per heavy atom. The highest BCUT2D eigenvalue weighted by molar-refractivity contribution is 5.80. The van der Waals surface area contributed by atoms with E-state index in [1.807, 2.05) is 12.3 Å². The number of nitrogens with zero attached hydrogens (tertiary/aromatic N) is 4. The molecule has 2 aliphatic heterocycles. The molecule has 3 aliphatic rings. The number of carbonyl (C=O) groups is 1. The van der Waals surface area contributed by atoms with Gasteiger partial charge in [-0.25, -0.2) is 9.97 Å². The standard InChI is InChI=1S/C25H33N5O/c1-17-12-20-14-27-25(26-13-18-8-9-18)28-23(20)16-30(17)24(31)21-10-11-29(2)15-22(21)19-6-4-3-5-7-19/h3-7,14,17-18,21-22H,8-13,15-16H2,1-2H3,(H,26,27,28)/t17-,21+,22-/m1/s1. The Labute approximate surface area is 185 Å². The zero-order valence-corrected chi connectivity index (χ0v) is 18.6. The number of amides is 1. The second-order valence-electron chi connectivity index (χ2n) is 9.68. The molecule has 5 rings (SSSR count). The molecule has 0 unspecified atom stereocenters. The summed E-state index contributed by atoms with van der Waals surface area (Å²) in [7, 11) is 2.16. The van der Waals surface area contributed by atoms with Crippen molar-refractivity contribution in [2.45, 2.75) is 51.1 Å². The van der Waals surface area contributed by atoms with Crippen LogP contribution < -0.4 is 5.32 Å². The summed E-state index contributed by atoms with van der Waals surface area (Å²) >= 11 is 0. The summed E-state index contributed by atoms with van der Waals surface area (Å²) < 4.78 is 0. The number of likely N-dealkylation sites (N-methyl/N-ethyl adjacent to an activating group) is 1. The van der Waals surface area contributed by atoms with E-state index in [1.54, 1.807) is 0 Å². The third-order valence-corrected chi connectivity index (χ3v) is 7.21. The molecular formula is C25H33N5O. The summed E-state index contributed by atoms with van der Waals surface area (Å²) in [5.41, 5.74) is 3.45. The molecule has 0 bridgehead atoms. The van der Waals surface area contributed by atoms with Crippen LogP contribution in [0.5, 0.6) is 0 Å². The van der Waals surface area contributed by atoms with Gasteiger partial charge in [0.05, 0.1) is 12.2 Å². The molecule has 1 aromatic carbocycles. The predicted molar refractivity (Wildman–Crippen MR) is 122 cm³/mol. The zero-order valence-electron chi connectivity index (χ0n) is 18.6. The van der Waals surface area contributed by atoms with Gasteiger partial charge in [0.2, 0.25) is 11.9 Å². The van der Waals surface area contributed by atoms with Crippen LogP contribution in [-0.2, 0) is 17.8 Å². The van der Waals surface area contributed by atoms with Gasteiger partial charge < -0.3 is 15.1 Å². The Kier molecular flexibility index (Phi) is 5.65. The lowest BCUT2D eigenvalue weighted by atomic mass is 9.79. The van der Waals surface area contributed by atoms with E-state index in [9.17, 15) is 4.79 Å². The van der Waals surface area contributed by atoms with Gasteiger partial charge in [-0.05, 0) is 63.2 Å². The average Bonchev–Trinajstić information content (AvgIpc) is 3.62. The number of hydrogen-bond donors (Lipinski definition) is 1. The van der Waals surface area contributed by atoms with Gasteiger partial charge in [0.25, 0.3) is 0 Å². The molecule has 0 spiro atoms. The highest BCUT2D eigenvalue weighted by Gasteiger charge is 2.39. The van der Waals surface area contributed by atoms with Crippen LogP contribution in [0.3, 0.4) is 0 Å². The molecule has 2 fully saturated rings. The topological polar surface area (TPSA) is 61.4 Å². The van der Waals surface area contributed by atoms with Crippen molar-refractivity contribution in [3.63, 3.8) is 0 Å². The molecular weight excluding hydrogens is 386 g/mol. The lowest BCUT2D eigenvalue weighted by molar-refractivity contribution is -0.141. The number of carbonyl (C=O) groups excluding carboxylic acids is 1. The molecule has 6 heteroatoms. The number of fused-ring (bicyclic) bond motifs is 1. The minimum Gasteiger partial charge on any atom is -0.354 e. The molecule has 1 saturated heterocycles. The van der Waals surface area contributed by atoms with Crippen LogP contribution in [0.1, 0.15) is 48.9 Å². The first-order chi connectivity index (χ1) is 15.1. The fraction of sp³-hybridized carbons (Fsp3) is 0.560. The SMILES string of the molecule is C[C@@H]1Cc2cnc(NCC3CC3)nc2CN1C(=O)[C@H]1CCN(C)C[C@@H]1c1ccccc1. The van der Waals surface area contributed by atoms with Crippen LogP contribution >= 0.6 is 0 Å². The van der Waals surface area contributed by atoms with Crippen LogP contribution in [0, 0.1) is 11.8 Å². The Morgan fingerprint density at radius 3 is 2.77 bits per heavy atom. The van der Waals surface area contributed by atoms with E-state index in [4.69, 9.17) is 4.98 Å². The molecule has 0 radical (unpaired) electrons. The molecule has 1 saturated carbocycles. The molecule has 2 aromatic rings. The maximum absolute atomic E-state index is 13.8. The smallest absolute Gasteiger partial charge is 0.227 e. The molecule has 31 heavy (non-hydrogen) atoms. The van der Waals surface area contributed by atoms with E-state index < -0.39 is 0 Å². The lowest BCUT2D eigenvalue weighted by Crippen LogP contribution is -2.50. The van der Waals surface area contributed by atoms with Gasteiger partial charge in [0.15, 0.2) is 0 Å². The highest BCUT2D eigenvalue weighted by atomic mass is 16.2. The van der Waals surface area contributed by atoms with Gasteiger partial charge in [-0.2, -0.15) is 0 Å². The summed E-state index contributed by atoms with van der Waals surface area (Å²) in [4.78, 5) is 27.5. The number of rotatable bonds is 5. The van der Waals surface area contributed by atoms with Crippen LogP contribution in [0.25, 0.3) is 0 Å². The first kappa shape index (κ1) is 20.4. The Hall–Kier alpha value is -2.47. The molecule has 1 N–H and O–H groups in total. The first-order valence-electron chi connectivity index (χ1n) is 11.7. The summed E-state index contributed by atoms with van der Waals surface area (Å²) in [6.45, 7) is 5.59. The van der Waals surface area contributed by atoms with Crippen molar-refractivity contribution in [1.82, 2.24) is 19.8 Å². The number of benzene rings is 1. The van der Waals surface area contributed by atoms with Crippen molar-refractivity contribution in [2.24, 2.45) is 11.8 Å². The van der Waals surface area contributed by atoms with E-state index in [-0.39, 0.29) is 23.8 Å². The molecule has 6 nitrogen and oxygen atoms in total. The van der Waals surface area contributed by atoms with E-state index >= 15 is 0 Å². The van der Waals surface area contributed by atoms with Gasteiger partial charge in [0, 0.05) is 37.2 Å². The number of nitrogens with one attached hydrogen (secondary N) is 1. The van der Waals surface area contributed by atoms with Crippen molar-refractivity contribution in [3.8, 4) is 0 Å². The van der Waals surface area contributed by atoms with E-state index in [0.717, 1.165) is 44.1 Å². The molecule has 164 valence electrons. The Morgan fingerprint density at radius 2 is 2.00 bits per heavy atom. The van der Waals surface area contributed by atoms with Crippen molar-refractivity contribution >= 4 is 11.9 Å². The van der Waals surface area contributed by atoms with Crippen LogP contribution in [0.15, 0.2) is 36.5 Å². The van der Waals surface area contributed by atoms with Gasteiger partial charge in [-0.3, -0.25) is 4.79 Å². The Bertz CT molecular complexity index is 929. The normalized spacial score (nSPS) is 26.4. The van der Waals surface area contributed by atoms with Gasteiger partial charge in [-0.15, -0.1) is 0 Å². The maximum Gasteiger partial charge on any atom is 0.227 e. The van der Waals surface area contributed by atoms with Crippen LogP contribution in [0.4, 0.5) is 5.95 Å². The van der Waals surface area contributed by atoms with Gasteiger partial charge >= 0.3 is 0 Å². The third-order valence-electron chi connectivity index (χ3n) is 7.21. The van der Waals surface area contributed by atoms with Crippen molar-refractivity contribution < 1.29 is 4.79 Å². The van der Waals surface area contributed by atoms with Crippen molar-refractivity contribution in [1.29, 1.82) is 0 Å². The second kappa shape index (κ2) is 8.58. The number of anilines is 1. The zero-order chi connectivity index (χ0) is 21.4. The quantitative estimate of drug-likeness (QED) is 0.806. The monoisotopic (exact) mass is 419 g/mol. The number of likely N-dealkylation sites (tertiary alicyclic amines) is 1. The summed E-state index contributed by atoms with van der Waals surface area (Å²) in [6, 6.07) is 10.7. The molecule has 3 heterocycles. The van der Waals surface area contributed by atoms with E-state index in [0.29, 0.717) is 12.5 Å². The molecule has 3 atom stereocenters. The van der Waals surface area contributed by atoms with Gasteiger partial charge in [0.1, 0.15) is 0 Å². The van der Waals surface area contributed by atoms with Crippen LogP contribution in [-0.4, -0.2) is 58.4 Å². The lowest BCUT2D eigenvalue weighted by Gasteiger charge is -2.42. The van der Waals surface area contributed by atoms with Crippen molar-refractivity contribution in [3.05, 3.63) is 53.3 Å². The highest BCUT2D eigenvalue weighted by Crippen LogP contribution is 2.35. The summed E-state index contributed by atoms with van der Waals surface area (Å²) in [5, 5.41) is 3.38. The van der Waals surface area contributed by atoms with Crippen molar-refractivity contribution in [2.75, 3.05) is 32.0 Å². The fourth-order valence-electron chi connectivity index (χ4n) is 5.09. The fourth-order valence-corrected chi connectivity index (χ4v) is 5.09. The largest absolute Gasteiger partial charge is 0.354 e. The Balaban J connectivity index is 1.35. The number of aromatic nitrogens is 2. The maximum atomic E-state index is 13.8. The average molecular weight is 420 g/mol. The number of piperidine rings is 1. The third kappa shape index (κ3) is 4.45. The minimum absolute atomic E-state index is 0.0249. The molecule has 1 amide bonds. The van der Waals surface area contributed by atoms with E-state index in [2.05, 4.69) is 58.3 Å². The summed E-state index contributed by atoms with van der Waals surface area (Å²) in [6.07, 6.45) is 6.29. The second-order valence-corrected chi connectivity index (χ2v) is 9.68. The molecule has 1 aliphatic carbocycles. The number of hydrogen-bond acceptors (Lipinski definition) is 5. The first-order valence-corrected chi connectivity index (χ1v) is 11.7. The minimum atomic E-state index is 0.0249. The van der Waals surface area contributed by atoms with Gasteiger partial charge in [-0.1, -0.05) is 30.3 Å². The summed E-state index contributed by atoms with van der Waals surface area (Å²) in [5.74, 6) is 2.02. The predicted octanol–water partition coefficient (Wildman–Crippen LogP) is 3.31. The van der Waals surface area contributed by atoms with E-state index in [1.165, 1.54) is 24.0 Å². The van der Waals surface area contributed by atoms with Crippen LogP contribution in [0.2, 0.25) is 0 Å².